The Morgan fingerprint density at radius 3 is 2.33 bits per heavy atom. The molecule has 2 fully saturated rings. The van der Waals surface area contributed by atoms with Gasteiger partial charge >= 0.3 is 0 Å². The monoisotopic (exact) mass is 210 g/mol. The highest BCUT2D eigenvalue weighted by atomic mass is 15.3. The number of nitrogens with zero attached hydrogens (tertiary/aromatic N) is 2. The number of rotatable bonds is 1. The molecule has 0 aromatic heterocycles. The topological polar surface area (TPSA) is 6.48 Å². The van der Waals surface area contributed by atoms with Gasteiger partial charge in [-0.3, -0.25) is 9.80 Å². The zero-order valence-electron chi connectivity index (χ0n) is 11.0. The molecule has 88 valence electrons. The summed E-state index contributed by atoms with van der Waals surface area (Å²) in [5.41, 5.74) is 0.354. The van der Waals surface area contributed by atoms with Crippen molar-refractivity contribution in [3.8, 4) is 0 Å². The van der Waals surface area contributed by atoms with Crippen LogP contribution < -0.4 is 0 Å². The average molecular weight is 210 g/mol. The third-order valence-electron chi connectivity index (χ3n) is 4.20. The van der Waals surface area contributed by atoms with E-state index in [1.807, 2.05) is 0 Å². The van der Waals surface area contributed by atoms with E-state index in [1.54, 1.807) is 0 Å². The summed E-state index contributed by atoms with van der Waals surface area (Å²) in [5.74, 6) is 0.937. The lowest BCUT2D eigenvalue weighted by Crippen LogP contribution is -2.44. The van der Waals surface area contributed by atoms with Crippen molar-refractivity contribution in [1.29, 1.82) is 0 Å². The first-order valence-corrected chi connectivity index (χ1v) is 6.40. The molecular formula is C13H26N2. The van der Waals surface area contributed by atoms with Gasteiger partial charge in [0.2, 0.25) is 0 Å². The molecule has 2 heterocycles. The van der Waals surface area contributed by atoms with Crippen molar-refractivity contribution in [3.63, 3.8) is 0 Å². The number of hydrogen-bond donors (Lipinski definition) is 0. The minimum Gasteiger partial charge on any atom is -0.297 e. The predicted molar refractivity (Wildman–Crippen MR) is 65.1 cm³/mol. The van der Waals surface area contributed by atoms with Gasteiger partial charge in [0.25, 0.3) is 0 Å². The van der Waals surface area contributed by atoms with Gasteiger partial charge in [-0.05, 0) is 53.5 Å². The number of hydrogen-bond acceptors (Lipinski definition) is 2. The summed E-state index contributed by atoms with van der Waals surface area (Å²) in [4.78, 5) is 5.37. The molecule has 15 heavy (non-hydrogen) atoms. The zero-order valence-corrected chi connectivity index (χ0v) is 11.0. The number of likely N-dealkylation sites (tertiary alicyclic amines) is 2. The van der Waals surface area contributed by atoms with E-state index in [2.05, 4.69) is 44.4 Å². The molecule has 2 aliphatic rings. The van der Waals surface area contributed by atoms with Crippen LogP contribution in [0.3, 0.4) is 0 Å². The highest BCUT2D eigenvalue weighted by molar-refractivity contribution is 4.99. The molecule has 2 unspecified atom stereocenters. The van der Waals surface area contributed by atoms with Gasteiger partial charge in [-0.1, -0.05) is 0 Å². The fourth-order valence-electron chi connectivity index (χ4n) is 3.18. The molecule has 2 atom stereocenters. The van der Waals surface area contributed by atoms with Crippen molar-refractivity contribution in [3.05, 3.63) is 0 Å². The minimum atomic E-state index is 0.354. The Morgan fingerprint density at radius 2 is 1.80 bits per heavy atom. The highest BCUT2D eigenvalue weighted by Crippen LogP contribution is 2.35. The van der Waals surface area contributed by atoms with Crippen molar-refractivity contribution in [1.82, 2.24) is 9.80 Å². The van der Waals surface area contributed by atoms with E-state index in [9.17, 15) is 0 Å². The fourth-order valence-corrected chi connectivity index (χ4v) is 3.18. The molecule has 2 nitrogen and oxygen atoms in total. The normalized spacial score (nSPS) is 34.0. The van der Waals surface area contributed by atoms with Gasteiger partial charge in [-0.15, -0.1) is 0 Å². The summed E-state index contributed by atoms with van der Waals surface area (Å²) in [6, 6.07) is 1.56. The van der Waals surface area contributed by atoms with Crippen LogP contribution in [0.1, 0.15) is 41.0 Å². The van der Waals surface area contributed by atoms with Gasteiger partial charge in [0.05, 0.1) is 0 Å². The largest absolute Gasteiger partial charge is 0.297 e. The molecule has 0 aliphatic carbocycles. The predicted octanol–water partition coefficient (Wildman–Crippen LogP) is 2.20. The van der Waals surface area contributed by atoms with E-state index in [4.69, 9.17) is 0 Å². The van der Waals surface area contributed by atoms with Gasteiger partial charge in [-0.2, -0.15) is 0 Å². The Kier molecular flexibility index (Phi) is 2.85. The molecule has 2 aliphatic heterocycles. The van der Waals surface area contributed by atoms with Crippen molar-refractivity contribution < 1.29 is 0 Å². The smallest absolute Gasteiger partial charge is 0.0266 e. The first-order chi connectivity index (χ1) is 6.89. The molecule has 0 spiro atoms. The Bertz CT molecular complexity index is 229. The van der Waals surface area contributed by atoms with E-state index in [0.29, 0.717) is 5.54 Å². The van der Waals surface area contributed by atoms with Crippen LogP contribution >= 0.6 is 0 Å². The zero-order chi connectivity index (χ0) is 11.2. The molecule has 0 radical (unpaired) electrons. The molecule has 0 N–H and O–H groups in total. The molecule has 2 saturated heterocycles. The molecule has 0 amide bonds. The molecule has 0 aromatic rings. The van der Waals surface area contributed by atoms with Crippen molar-refractivity contribution >= 4 is 0 Å². The third-order valence-corrected chi connectivity index (χ3v) is 4.20. The van der Waals surface area contributed by atoms with E-state index in [1.165, 1.54) is 26.1 Å². The first-order valence-electron chi connectivity index (χ1n) is 6.40. The second-order valence-corrected chi connectivity index (χ2v) is 6.52. The van der Waals surface area contributed by atoms with E-state index >= 15 is 0 Å². The minimum absolute atomic E-state index is 0.354. The van der Waals surface area contributed by atoms with Crippen molar-refractivity contribution in [2.45, 2.75) is 58.7 Å². The van der Waals surface area contributed by atoms with Crippen LogP contribution in [0.2, 0.25) is 0 Å². The third kappa shape index (κ3) is 2.07. The molecular weight excluding hydrogens is 184 g/mol. The molecule has 2 rings (SSSR count). The summed E-state index contributed by atoms with van der Waals surface area (Å²) in [5, 5.41) is 0. The SMILES string of the molecule is CC(C)N1CCC2CN(C(C)(C)C)CC21. The lowest BCUT2D eigenvalue weighted by molar-refractivity contribution is 0.133. The fraction of sp³-hybridized carbons (Fsp3) is 1.00. The van der Waals surface area contributed by atoms with E-state index in [0.717, 1.165) is 18.0 Å². The van der Waals surface area contributed by atoms with Crippen LogP contribution in [-0.4, -0.2) is 47.1 Å². The van der Waals surface area contributed by atoms with Gasteiger partial charge in [0.15, 0.2) is 0 Å². The lowest BCUT2D eigenvalue weighted by atomic mass is 10.0. The summed E-state index contributed by atoms with van der Waals surface area (Å²) in [6.07, 6.45) is 1.41. The standard InChI is InChI=1S/C13H26N2/c1-10(2)15-7-6-11-8-14(9-12(11)15)13(3,4)5/h10-12H,6-9H2,1-5H3. The second kappa shape index (κ2) is 3.74. The molecule has 2 heteroatoms. The van der Waals surface area contributed by atoms with Gasteiger partial charge in [0, 0.05) is 30.7 Å². The van der Waals surface area contributed by atoms with Crippen molar-refractivity contribution in [2.24, 2.45) is 5.92 Å². The highest BCUT2D eigenvalue weighted by Gasteiger charge is 2.44. The summed E-state index contributed by atoms with van der Waals surface area (Å²) < 4.78 is 0. The van der Waals surface area contributed by atoms with Crippen molar-refractivity contribution in [2.75, 3.05) is 19.6 Å². The van der Waals surface area contributed by atoms with Gasteiger partial charge < -0.3 is 0 Å². The van der Waals surface area contributed by atoms with Crippen LogP contribution in [-0.2, 0) is 0 Å². The summed E-state index contributed by atoms with van der Waals surface area (Å²) >= 11 is 0. The number of fused-ring (bicyclic) bond motifs is 1. The average Bonchev–Trinajstić information content (AvgIpc) is 2.56. The van der Waals surface area contributed by atoms with Crippen LogP contribution in [0.4, 0.5) is 0 Å². The lowest BCUT2D eigenvalue weighted by Gasteiger charge is -2.34. The molecule has 0 saturated carbocycles. The maximum atomic E-state index is 2.70. The Hall–Kier alpha value is -0.0800. The Labute approximate surface area is 94.6 Å². The first kappa shape index (κ1) is 11.4. The quantitative estimate of drug-likeness (QED) is 0.654. The summed E-state index contributed by atoms with van der Waals surface area (Å²) in [6.45, 7) is 15.6. The Morgan fingerprint density at radius 1 is 1.13 bits per heavy atom. The van der Waals surface area contributed by atoms with E-state index < -0.39 is 0 Å². The maximum absolute atomic E-state index is 2.70. The summed E-state index contributed by atoms with van der Waals surface area (Å²) in [7, 11) is 0. The van der Waals surface area contributed by atoms with Gasteiger partial charge in [-0.25, -0.2) is 0 Å². The second-order valence-electron chi connectivity index (χ2n) is 6.52. The van der Waals surface area contributed by atoms with Gasteiger partial charge in [0.1, 0.15) is 0 Å². The van der Waals surface area contributed by atoms with E-state index in [-0.39, 0.29) is 0 Å². The van der Waals surface area contributed by atoms with Crippen LogP contribution in [0.5, 0.6) is 0 Å². The van der Waals surface area contributed by atoms with Crippen LogP contribution in [0.25, 0.3) is 0 Å². The molecule has 0 aromatic carbocycles. The Balaban J connectivity index is 2.03. The molecule has 0 bridgehead atoms. The van der Waals surface area contributed by atoms with Crippen LogP contribution in [0, 0.1) is 5.92 Å². The van der Waals surface area contributed by atoms with Crippen LogP contribution in [0.15, 0.2) is 0 Å². The maximum Gasteiger partial charge on any atom is 0.0266 e.